The van der Waals surface area contributed by atoms with Gasteiger partial charge >= 0.3 is 5.97 Å². The Morgan fingerprint density at radius 3 is 2.73 bits per heavy atom. The van der Waals surface area contributed by atoms with E-state index in [-0.39, 0.29) is 5.92 Å². The third-order valence-electron chi connectivity index (χ3n) is 3.89. The minimum absolute atomic E-state index is 0.154. The van der Waals surface area contributed by atoms with Crippen molar-refractivity contribution in [1.82, 2.24) is 20.1 Å². The maximum Gasteiger partial charge on any atom is 0.326 e. The van der Waals surface area contributed by atoms with Crippen LogP contribution in [0.2, 0.25) is 0 Å². The summed E-state index contributed by atoms with van der Waals surface area (Å²) in [6.07, 6.45) is 2.10. The number of nitrogens with one attached hydrogen (secondary N) is 1. The van der Waals surface area contributed by atoms with Gasteiger partial charge in [0.05, 0.1) is 11.3 Å². The quantitative estimate of drug-likeness (QED) is 0.872. The van der Waals surface area contributed by atoms with Crippen molar-refractivity contribution in [3.8, 4) is 0 Å². The molecule has 1 amide bonds. The number of hydrogen-bond acceptors (Lipinski definition) is 4. The molecule has 0 aliphatic rings. The van der Waals surface area contributed by atoms with Gasteiger partial charge in [-0.15, -0.1) is 0 Å². The maximum atomic E-state index is 12.3. The van der Waals surface area contributed by atoms with Crippen LogP contribution in [0.3, 0.4) is 0 Å². The first-order valence-electron chi connectivity index (χ1n) is 7.18. The van der Waals surface area contributed by atoms with Crippen LogP contribution in [0.5, 0.6) is 0 Å². The van der Waals surface area contributed by atoms with Crippen LogP contribution in [0.1, 0.15) is 36.3 Å². The molecule has 7 heteroatoms. The molecule has 0 bridgehead atoms. The van der Waals surface area contributed by atoms with Gasteiger partial charge in [0.2, 0.25) is 0 Å². The molecule has 2 unspecified atom stereocenters. The van der Waals surface area contributed by atoms with Gasteiger partial charge in [-0.2, -0.15) is 5.10 Å². The fourth-order valence-electron chi connectivity index (χ4n) is 2.34. The third-order valence-corrected chi connectivity index (χ3v) is 3.89. The molecule has 0 aliphatic carbocycles. The van der Waals surface area contributed by atoms with Crippen LogP contribution >= 0.6 is 0 Å². The molecule has 2 heterocycles. The SMILES string of the molecule is CCC(C)C(NC(=O)c1cnc2c(c1)c(C)nn2C)C(=O)O. The van der Waals surface area contributed by atoms with Crippen LogP contribution in [-0.2, 0) is 11.8 Å². The number of hydrogen-bond donors (Lipinski definition) is 2. The van der Waals surface area contributed by atoms with Crippen molar-refractivity contribution in [2.75, 3.05) is 0 Å². The first-order chi connectivity index (χ1) is 10.3. The standard InChI is InChI=1S/C15H20N4O3/c1-5-8(2)12(15(21)22)17-14(20)10-6-11-9(3)18-19(4)13(11)16-7-10/h6-8,12H,5H2,1-4H3,(H,17,20)(H,21,22). The number of amides is 1. The smallest absolute Gasteiger partial charge is 0.326 e. The molecule has 2 N–H and O–H groups in total. The van der Waals surface area contributed by atoms with E-state index in [0.29, 0.717) is 17.6 Å². The monoisotopic (exact) mass is 304 g/mol. The molecular formula is C15H20N4O3. The third kappa shape index (κ3) is 2.93. The summed E-state index contributed by atoms with van der Waals surface area (Å²) in [7, 11) is 1.78. The van der Waals surface area contributed by atoms with E-state index in [4.69, 9.17) is 0 Å². The summed E-state index contributed by atoms with van der Waals surface area (Å²) in [6, 6.07) is 0.776. The van der Waals surface area contributed by atoms with Gasteiger partial charge in [0.1, 0.15) is 6.04 Å². The van der Waals surface area contributed by atoms with Crippen LogP contribution in [0.4, 0.5) is 0 Å². The first kappa shape index (κ1) is 15.9. The van der Waals surface area contributed by atoms with Gasteiger partial charge in [0, 0.05) is 18.6 Å². The molecule has 2 aromatic heterocycles. The zero-order chi connectivity index (χ0) is 16.4. The molecule has 0 aliphatic heterocycles. The number of carboxylic acid groups (broad SMARTS) is 1. The van der Waals surface area contributed by atoms with Gasteiger partial charge in [-0.1, -0.05) is 20.3 Å². The summed E-state index contributed by atoms with van der Waals surface area (Å²) in [5, 5.41) is 16.8. The van der Waals surface area contributed by atoms with Gasteiger partial charge < -0.3 is 10.4 Å². The number of fused-ring (bicyclic) bond motifs is 1. The van der Waals surface area contributed by atoms with Crippen molar-refractivity contribution in [1.29, 1.82) is 0 Å². The lowest BCUT2D eigenvalue weighted by molar-refractivity contribution is -0.140. The Bertz CT molecular complexity index is 723. The van der Waals surface area contributed by atoms with E-state index < -0.39 is 17.9 Å². The molecule has 0 spiro atoms. The average Bonchev–Trinajstić information content (AvgIpc) is 2.77. The van der Waals surface area contributed by atoms with E-state index in [2.05, 4.69) is 15.4 Å². The Balaban J connectivity index is 2.29. The summed E-state index contributed by atoms with van der Waals surface area (Å²) < 4.78 is 1.64. The zero-order valence-corrected chi connectivity index (χ0v) is 13.1. The minimum Gasteiger partial charge on any atom is -0.480 e. The van der Waals surface area contributed by atoms with Crippen LogP contribution in [0, 0.1) is 12.8 Å². The normalized spacial score (nSPS) is 13.8. The van der Waals surface area contributed by atoms with E-state index in [1.165, 1.54) is 6.20 Å². The van der Waals surface area contributed by atoms with Crippen molar-refractivity contribution >= 4 is 22.9 Å². The minimum atomic E-state index is -1.03. The molecule has 0 saturated carbocycles. The van der Waals surface area contributed by atoms with Crippen molar-refractivity contribution in [3.63, 3.8) is 0 Å². The number of rotatable bonds is 5. The second-order valence-corrected chi connectivity index (χ2v) is 5.48. The lowest BCUT2D eigenvalue weighted by Crippen LogP contribution is -2.45. The summed E-state index contributed by atoms with van der Waals surface area (Å²) >= 11 is 0. The van der Waals surface area contributed by atoms with Crippen LogP contribution < -0.4 is 5.32 Å². The van der Waals surface area contributed by atoms with Crippen LogP contribution in [0.25, 0.3) is 11.0 Å². The highest BCUT2D eigenvalue weighted by molar-refractivity contribution is 5.99. The van der Waals surface area contributed by atoms with E-state index in [1.54, 1.807) is 24.7 Å². The second-order valence-electron chi connectivity index (χ2n) is 5.48. The Labute approximate surface area is 128 Å². The van der Waals surface area contributed by atoms with Gasteiger partial charge in [-0.3, -0.25) is 9.48 Å². The molecule has 22 heavy (non-hydrogen) atoms. The molecule has 2 atom stereocenters. The van der Waals surface area contributed by atoms with E-state index in [0.717, 1.165) is 11.1 Å². The van der Waals surface area contributed by atoms with Crippen molar-refractivity contribution in [3.05, 3.63) is 23.5 Å². The first-order valence-corrected chi connectivity index (χ1v) is 7.18. The Morgan fingerprint density at radius 2 is 2.14 bits per heavy atom. The molecule has 0 fully saturated rings. The number of nitrogens with zero attached hydrogens (tertiary/aromatic N) is 3. The maximum absolute atomic E-state index is 12.3. The predicted octanol–water partition coefficient (Wildman–Crippen LogP) is 1.51. The van der Waals surface area contributed by atoms with Crippen molar-refractivity contribution < 1.29 is 14.7 Å². The fourth-order valence-corrected chi connectivity index (χ4v) is 2.34. The Hall–Kier alpha value is -2.44. The summed E-state index contributed by atoms with van der Waals surface area (Å²) in [4.78, 5) is 27.8. The van der Waals surface area contributed by atoms with Gasteiger partial charge in [0.15, 0.2) is 5.65 Å². The second kappa shape index (κ2) is 6.13. The van der Waals surface area contributed by atoms with Crippen LogP contribution in [0.15, 0.2) is 12.3 Å². The molecule has 2 rings (SSSR count). The number of aromatic nitrogens is 3. The zero-order valence-electron chi connectivity index (χ0n) is 13.1. The van der Waals surface area contributed by atoms with Crippen molar-refractivity contribution in [2.45, 2.75) is 33.2 Å². The Morgan fingerprint density at radius 1 is 1.45 bits per heavy atom. The van der Waals surface area contributed by atoms with Gasteiger partial charge in [0.25, 0.3) is 5.91 Å². The Kier molecular flexibility index (Phi) is 4.44. The number of carboxylic acids is 1. The molecule has 2 aromatic rings. The molecule has 0 aromatic carbocycles. The summed E-state index contributed by atoms with van der Waals surface area (Å²) in [5.74, 6) is -1.63. The topological polar surface area (TPSA) is 97.1 Å². The number of pyridine rings is 1. The average molecular weight is 304 g/mol. The van der Waals surface area contributed by atoms with E-state index >= 15 is 0 Å². The summed E-state index contributed by atoms with van der Waals surface area (Å²) in [6.45, 7) is 5.52. The highest BCUT2D eigenvalue weighted by atomic mass is 16.4. The van der Waals surface area contributed by atoms with Gasteiger partial charge in [-0.25, -0.2) is 9.78 Å². The molecule has 118 valence electrons. The molecular weight excluding hydrogens is 284 g/mol. The number of carbonyl (C=O) groups is 2. The number of aryl methyl sites for hydroxylation is 2. The summed E-state index contributed by atoms with van der Waals surface area (Å²) in [5.41, 5.74) is 1.79. The fraction of sp³-hybridized carbons (Fsp3) is 0.467. The molecule has 0 radical (unpaired) electrons. The highest BCUT2D eigenvalue weighted by Gasteiger charge is 2.26. The van der Waals surface area contributed by atoms with Gasteiger partial charge in [-0.05, 0) is 18.9 Å². The highest BCUT2D eigenvalue weighted by Crippen LogP contribution is 2.17. The largest absolute Gasteiger partial charge is 0.480 e. The van der Waals surface area contributed by atoms with Crippen LogP contribution in [-0.4, -0.2) is 37.8 Å². The van der Waals surface area contributed by atoms with E-state index in [1.807, 2.05) is 13.8 Å². The lowest BCUT2D eigenvalue weighted by atomic mass is 9.99. The lowest BCUT2D eigenvalue weighted by Gasteiger charge is -2.20. The van der Waals surface area contributed by atoms with Crippen molar-refractivity contribution in [2.24, 2.45) is 13.0 Å². The predicted molar refractivity (Wildman–Crippen MR) is 81.6 cm³/mol. The molecule has 0 saturated heterocycles. The van der Waals surface area contributed by atoms with E-state index in [9.17, 15) is 14.7 Å². The molecule has 7 nitrogen and oxygen atoms in total. The number of aliphatic carboxylic acids is 1. The number of carbonyl (C=O) groups excluding carboxylic acids is 1.